The molecule has 3 aromatic rings. The molecule has 0 saturated carbocycles. The number of carbonyl (C=O) groups is 1. The van der Waals surface area contributed by atoms with E-state index in [1.54, 1.807) is 36.1 Å². The van der Waals surface area contributed by atoms with Crippen LogP contribution in [0.3, 0.4) is 0 Å². The summed E-state index contributed by atoms with van der Waals surface area (Å²) >= 11 is 1.61. The van der Waals surface area contributed by atoms with E-state index in [0.29, 0.717) is 17.1 Å². The third kappa shape index (κ3) is 3.07. The first-order valence-electron chi connectivity index (χ1n) is 9.21. The van der Waals surface area contributed by atoms with E-state index >= 15 is 0 Å². The molecule has 2 atom stereocenters. The molecule has 0 aliphatic heterocycles. The Hall–Kier alpha value is -2.48. The summed E-state index contributed by atoms with van der Waals surface area (Å²) in [5.41, 5.74) is 4.49. The number of amides is 1. The number of aromatic nitrogens is 4. The lowest BCUT2D eigenvalue weighted by atomic mass is 9.89. The van der Waals surface area contributed by atoms with Crippen molar-refractivity contribution in [3.63, 3.8) is 0 Å². The molecule has 0 saturated heterocycles. The summed E-state index contributed by atoms with van der Waals surface area (Å²) in [5, 5.41) is 4.94. The van der Waals surface area contributed by atoms with Crippen molar-refractivity contribution in [1.29, 1.82) is 0 Å². The standard InChI is InChI=1S/C19H23N5O2S/c1-10-5-6-14-15(9-10)27-18-16(14)19(26)24(13(4)20-18)22-17(25)12(3)23-8-7-11(2)21-23/h7-8,10,12H,5-6,9H2,1-4H3,(H,22,25)/t10-,12-/m0/s1. The van der Waals surface area contributed by atoms with E-state index in [4.69, 9.17) is 0 Å². The lowest BCUT2D eigenvalue weighted by Gasteiger charge is -2.18. The third-order valence-corrected chi connectivity index (χ3v) is 6.39. The quantitative estimate of drug-likeness (QED) is 0.752. The minimum Gasteiger partial charge on any atom is -0.271 e. The lowest BCUT2D eigenvalue weighted by molar-refractivity contribution is -0.120. The predicted molar refractivity (Wildman–Crippen MR) is 106 cm³/mol. The van der Waals surface area contributed by atoms with Gasteiger partial charge in [-0.1, -0.05) is 6.92 Å². The molecule has 1 aliphatic rings. The highest BCUT2D eigenvalue weighted by molar-refractivity contribution is 7.18. The van der Waals surface area contributed by atoms with Crippen LogP contribution in [0.5, 0.6) is 0 Å². The van der Waals surface area contributed by atoms with E-state index in [-0.39, 0.29) is 11.5 Å². The van der Waals surface area contributed by atoms with Crippen LogP contribution >= 0.6 is 11.3 Å². The molecule has 3 heterocycles. The van der Waals surface area contributed by atoms with Crippen molar-refractivity contribution in [1.82, 2.24) is 19.4 Å². The minimum atomic E-state index is -0.530. The molecule has 7 nitrogen and oxygen atoms in total. The summed E-state index contributed by atoms with van der Waals surface area (Å²) in [6.45, 7) is 7.60. The van der Waals surface area contributed by atoms with Gasteiger partial charge >= 0.3 is 0 Å². The molecule has 1 aliphatic carbocycles. The molecule has 142 valence electrons. The van der Waals surface area contributed by atoms with Crippen LogP contribution in [0.4, 0.5) is 0 Å². The molecular weight excluding hydrogens is 362 g/mol. The molecule has 4 rings (SSSR count). The van der Waals surface area contributed by atoms with Crippen LogP contribution in [0.15, 0.2) is 17.1 Å². The highest BCUT2D eigenvalue weighted by atomic mass is 32.1. The predicted octanol–water partition coefficient (Wildman–Crippen LogP) is 2.73. The number of carbonyl (C=O) groups excluding carboxylic acids is 1. The van der Waals surface area contributed by atoms with Gasteiger partial charge in [-0.25, -0.2) is 9.66 Å². The van der Waals surface area contributed by atoms with Crippen molar-refractivity contribution in [2.45, 2.75) is 53.0 Å². The zero-order valence-electron chi connectivity index (χ0n) is 15.9. The van der Waals surface area contributed by atoms with E-state index in [9.17, 15) is 9.59 Å². The largest absolute Gasteiger partial charge is 0.281 e. The molecule has 0 spiro atoms. The Labute approximate surface area is 161 Å². The summed E-state index contributed by atoms with van der Waals surface area (Å²) in [7, 11) is 0. The van der Waals surface area contributed by atoms with Crippen molar-refractivity contribution >= 4 is 27.5 Å². The average Bonchev–Trinajstić information content (AvgIpc) is 3.20. The monoisotopic (exact) mass is 385 g/mol. The van der Waals surface area contributed by atoms with E-state index < -0.39 is 6.04 Å². The summed E-state index contributed by atoms with van der Waals surface area (Å²) in [4.78, 5) is 32.5. The average molecular weight is 385 g/mol. The molecule has 0 aromatic carbocycles. The first-order valence-corrected chi connectivity index (χ1v) is 10.0. The Morgan fingerprint density at radius 2 is 2.19 bits per heavy atom. The number of thiophene rings is 1. The number of nitrogens with zero attached hydrogens (tertiary/aromatic N) is 4. The second kappa shape index (κ2) is 6.60. The van der Waals surface area contributed by atoms with Crippen molar-refractivity contribution in [3.05, 3.63) is 44.6 Å². The molecule has 3 aromatic heterocycles. The second-order valence-corrected chi connectivity index (χ2v) is 8.50. The minimum absolute atomic E-state index is 0.193. The van der Waals surface area contributed by atoms with Gasteiger partial charge in [0.05, 0.1) is 11.1 Å². The maximum atomic E-state index is 13.2. The zero-order valence-corrected chi connectivity index (χ0v) is 16.8. The fourth-order valence-corrected chi connectivity index (χ4v) is 5.01. The van der Waals surface area contributed by atoms with E-state index in [1.807, 2.05) is 13.0 Å². The Morgan fingerprint density at radius 1 is 1.41 bits per heavy atom. The molecule has 27 heavy (non-hydrogen) atoms. The van der Waals surface area contributed by atoms with Crippen molar-refractivity contribution in [3.8, 4) is 0 Å². The van der Waals surface area contributed by atoms with E-state index in [2.05, 4.69) is 22.4 Å². The lowest BCUT2D eigenvalue weighted by Crippen LogP contribution is -2.38. The van der Waals surface area contributed by atoms with Crippen molar-refractivity contribution in [2.24, 2.45) is 5.92 Å². The summed E-state index contributed by atoms with van der Waals surface area (Å²) in [5.74, 6) is 0.811. The Morgan fingerprint density at radius 3 is 2.89 bits per heavy atom. The fourth-order valence-electron chi connectivity index (χ4n) is 3.60. The summed E-state index contributed by atoms with van der Waals surface area (Å²) in [6.07, 6.45) is 4.73. The van der Waals surface area contributed by atoms with Gasteiger partial charge in [0.1, 0.15) is 16.7 Å². The van der Waals surface area contributed by atoms with Gasteiger partial charge in [-0.3, -0.25) is 19.7 Å². The van der Waals surface area contributed by atoms with Gasteiger partial charge in [0.25, 0.3) is 11.5 Å². The van der Waals surface area contributed by atoms with Crippen LogP contribution in [-0.4, -0.2) is 25.3 Å². The van der Waals surface area contributed by atoms with Crippen molar-refractivity contribution in [2.75, 3.05) is 5.43 Å². The van der Waals surface area contributed by atoms with Gasteiger partial charge in [-0.15, -0.1) is 11.3 Å². The van der Waals surface area contributed by atoms with Gasteiger partial charge in [-0.2, -0.15) is 5.10 Å². The molecule has 0 radical (unpaired) electrons. The Bertz CT molecular complexity index is 1090. The topological polar surface area (TPSA) is 81.8 Å². The Kier molecular flexibility index (Phi) is 4.38. The number of rotatable bonds is 3. The van der Waals surface area contributed by atoms with Crippen molar-refractivity contribution < 1.29 is 4.79 Å². The van der Waals surface area contributed by atoms with Gasteiger partial charge in [-0.05, 0) is 57.6 Å². The van der Waals surface area contributed by atoms with Crippen LogP contribution in [0, 0.1) is 19.8 Å². The summed E-state index contributed by atoms with van der Waals surface area (Å²) < 4.78 is 2.87. The van der Waals surface area contributed by atoms with Gasteiger partial charge in [0.2, 0.25) is 0 Å². The zero-order chi connectivity index (χ0) is 19.3. The summed E-state index contributed by atoms with van der Waals surface area (Å²) in [6, 6.07) is 1.31. The second-order valence-electron chi connectivity index (χ2n) is 7.42. The van der Waals surface area contributed by atoms with Crippen LogP contribution in [0.2, 0.25) is 0 Å². The van der Waals surface area contributed by atoms with Crippen LogP contribution in [0.1, 0.15) is 48.3 Å². The van der Waals surface area contributed by atoms with Gasteiger partial charge in [0.15, 0.2) is 0 Å². The number of hydrogen-bond donors (Lipinski definition) is 1. The van der Waals surface area contributed by atoms with Gasteiger partial charge in [0, 0.05) is 11.1 Å². The molecule has 0 fully saturated rings. The SMILES string of the molecule is Cc1ccn([C@@H](C)C(=O)Nn2c(C)nc3sc4c(c3c2=O)CC[C@H](C)C4)n1. The number of aryl methyl sites for hydroxylation is 3. The molecular formula is C19H23N5O2S. The highest BCUT2D eigenvalue weighted by Crippen LogP contribution is 2.35. The van der Waals surface area contributed by atoms with E-state index in [1.165, 1.54) is 9.55 Å². The molecule has 1 N–H and O–H groups in total. The first kappa shape index (κ1) is 17.9. The van der Waals surface area contributed by atoms with Crippen LogP contribution in [0.25, 0.3) is 10.2 Å². The maximum absolute atomic E-state index is 13.2. The van der Waals surface area contributed by atoms with Crippen LogP contribution < -0.4 is 11.0 Å². The van der Waals surface area contributed by atoms with E-state index in [0.717, 1.165) is 35.4 Å². The van der Waals surface area contributed by atoms with Crippen LogP contribution in [-0.2, 0) is 17.6 Å². The molecule has 1 amide bonds. The molecule has 8 heteroatoms. The maximum Gasteiger partial charge on any atom is 0.281 e. The number of nitrogens with one attached hydrogen (secondary N) is 1. The number of hydrogen-bond acceptors (Lipinski definition) is 5. The normalized spacial score (nSPS) is 17.7. The third-order valence-electron chi connectivity index (χ3n) is 5.24. The molecule has 0 unspecified atom stereocenters. The number of fused-ring (bicyclic) bond motifs is 3. The fraction of sp³-hybridized carbons (Fsp3) is 0.474. The Balaban J connectivity index is 1.71. The highest BCUT2D eigenvalue weighted by Gasteiger charge is 2.25. The molecule has 0 bridgehead atoms. The first-order chi connectivity index (χ1) is 12.8. The smallest absolute Gasteiger partial charge is 0.271 e. The van der Waals surface area contributed by atoms with Gasteiger partial charge < -0.3 is 0 Å².